The molecule has 0 spiro atoms. The molecule has 0 aromatic heterocycles. The second-order valence-electron chi connectivity index (χ2n) is 10.2. The van der Waals surface area contributed by atoms with Crippen molar-refractivity contribution >= 4 is 19.6 Å². The standard InChI is InChI=1S/C27H38FN4O7P/c1-4-27(24(33)23(28)25(38-27)32-16-15-22(29)30-19(32)3)17-36-40(35,39-21-13-9-6-10-14-21)31-18(2)26(34)37-20-11-7-5-8-12-20/h6,9-10,13-16,18,20,23-25,33H,3-5,7-8,11-12,17H2,1-2H3,(H2,29,30)(H,31,35)/t18?,23-,24+,25-,27-,40?/m1/s1. The van der Waals surface area contributed by atoms with E-state index in [1.165, 1.54) is 24.1 Å². The average Bonchev–Trinajstić information content (AvgIpc) is 3.18. The Morgan fingerprint density at radius 3 is 2.70 bits per heavy atom. The van der Waals surface area contributed by atoms with Gasteiger partial charge >= 0.3 is 13.7 Å². The van der Waals surface area contributed by atoms with Gasteiger partial charge in [0.2, 0.25) is 0 Å². The zero-order valence-corrected chi connectivity index (χ0v) is 23.7. The molecule has 40 heavy (non-hydrogen) atoms. The highest BCUT2D eigenvalue weighted by Gasteiger charge is 2.57. The van der Waals surface area contributed by atoms with E-state index in [1.54, 1.807) is 37.3 Å². The number of carbonyl (C=O) groups excluding carboxylic acids is 1. The van der Waals surface area contributed by atoms with E-state index in [-0.39, 0.29) is 29.9 Å². The van der Waals surface area contributed by atoms with E-state index in [0.717, 1.165) is 32.1 Å². The maximum Gasteiger partial charge on any atom is 0.459 e. The molecule has 4 N–H and O–H groups in total. The number of nitrogens with one attached hydrogen (secondary N) is 1. The maximum absolute atomic E-state index is 15.4. The van der Waals surface area contributed by atoms with Crippen molar-refractivity contribution in [2.45, 2.75) is 88.6 Å². The van der Waals surface area contributed by atoms with Gasteiger partial charge in [0, 0.05) is 6.20 Å². The van der Waals surface area contributed by atoms with Crippen LogP contribution in [0.15, 0.2) is 60.0 Å². The SMILES string of the molecule is C=C1N=C(N)C=CN1[C@@H]1O[C@](CC)(COP(=O)(NC(C)C(=O)OC2CCCCC2)Oc2ccccc2)[C@@H](O)[C@H]1F. The number of hydrogen-bond acceptors (Lipinski definition) is 10. The number of hydrogen-bond donors (Lipinski definition) is 3. The smallest absolute Gasteiger partial charge is 0.459 e. The van der Waals surface area contributed by atoms with Crippen molar-refractivity contribution < 1.29 is 37.4 Å². The first kappa shape index (κ1) is 30.2. The molecule has 6 atom stereocenters. The van der Waals surface area contributed by atoms with Gasteiger partial charge in [-0.1, -0.05) is 38.1 Å². The van der Waals surface area contributed by atoms with Crippen LogP contribution in [0.3, 0.4) is 0 Å². The number of ether oxygens (including phenoxy) is 2. The maximum atomic E-state index is 15.4. The van der Waals surface area contributed by atoms with E-state index in [4.69, 9.17) is 24.3 Å². The van der Waals surface area contributed by atoms with Crippen LogP contribution in [0.2, 0.25) is 0 Å². The zero-order valence-electron chi connectivity index (χ0n) is 22.8. The second kappa shape index (κ2) is 12.8. The fourth-order valence-electron chi connectivity index (χ4n) is 4.91. The number of alkyl halides is 1. The highest BCUT2D eigenvalue weighted by atomic mass is 31.2. The monoisotopic (exact) mass is 580 g/mol. The van der Waals surface area contributed by atoms with Gasteiger partial charge in [-0.2, -0.15) is 5.09 Å². The largest absolute Gasteiger partial charge is 0.461 e. The van der Waals surface area contributed by atoms with Crippen molar-refractivity contribution in [3.8, 4) is 5.75 Å². The minimum Gasteiger partial charge on any atom is -0.461 e. The fourth-order valence-corrected chi connectivity index (χ4v) is 6.45. The van der Waals surface area contributed by atoms with Crippen molar-refractivity contribution in [3.05, 3.63) is 55.0 Å². The van der Waals surface area contributed by atoms with Crippen molar-refractivity contribution in [2.24, 2.45) is 10.7 Å². The van der Waals surface area contributed by atoms with E-state index < -0.39 is 50.5 Å². The van der Waals surface area contributed by atoms with E-state index in [2.05, 4.69) is 16.7 Å². The van der Waals surface area contributed by atoms with Gasteiger partial charge in [0.1, 0.15) is 41.3 Å². The average molecular weight is 581 g/mol. The third-order valence-electron chi connectivity index (χ3n) is 7.29. The van der Waals surface area contributed by atoms with Crippen LogP contribution in [0.25, 0.3) is 0 Å². The molecule has 13 heteroatoms. The normalized spacial score (nSPS) is 29.5. The van der Waals surface area contributed by atoms with Crippen molar-refractivity contribution in [1.82, 2.24) is 9.99 Å². The molecule has 1 saturated carbocycles. The number of amidine groups is 1. The molecule has 2 heterocycles. The second-order valence-corrected chi connectivity index (χ2v) is 11.9. The fraction of sp³-hybridized carbons (Fsp3) is 0.556. The minimum atomic E-state index is -4.28. The quantitative estimate of drug-likeness (QED) is 0.260. The Labute approximate surface area is 233 Å². The van der Waals surface area contributed by atoms with Crippen LogP contribution in [0.1, 0.15) is 52.4 Å². The van der Waals surface area contributed by atoms with Gasteiger partial charge in [-0.05, 0) is 57.2 Å². The lowest BCUT2D eigenvalue weighted by molar-refractivity contribution is -0.152. The Balaban J connectivity index is 1.50. The Morgan fingerprint density at radius 1 is 1.35 bits per heavy atom. The van der Waals surface area contributed by atoms with Gasteiger partial charge in [0.25, 0.3) is 0 Å². The summed E-state index contributed by atoms with van der Waals surface area (Å²) in [5.41, 5.74) is 4.08. The highest BCUT2D eigenvalue weighted by Crippen LogP contribution is 2.48. The third-order valence-corrected chi connectivity index (χ3v) is 8.91. The van der Waals surface area contributed by atoms with Gasteiger partial charge in [-0.15, -0.1) is 0 Å². The summed E-state index contributed by atoms with van der Waals surface area (Å²) in [5.74, 6) is -0.0378. The lowest BCUT2D eigenvalue weighted by Crippen LogP contribution is -2.46. The molecule has 2 fully saturated rings. The minimum absolute atomic E-state index is 0.102. The number of rotatable bonds is 11. The van der Waals surface area contributed by atoms with E-state index in [9.17, 15) is 14.5 Å². The van der Waals surface area contributed by atoms with Crippen molar-refractivity contribution in [2.75, 3.05) is 6.61 Å². The van der Waals surface area contributed by atoms with Gasteiger partial charge in [0.15, 0.2) is 12.4 Å². The molecule has 0 radical (unpaired) electrons. The van der Waals surface area contributed by atoms with Crippen LogP contribution in [0, 0.1) is 0 Å². The molecule has 1 aromatic rings. The number of halogens is 1. The topological polar surface area (TPSA) is 145 Å². The number of aliphatic imine (C=N–C) groups is 1. The molecule has 2 aliphatic heterocycles. The van der Waals surface area contributed by atoms with Gasteiger partial charge in [-0.25, -0.2) is 13.9 Å². The third kappa shape index (κ3) is 6.92. The molecule has 11 nitrogen and oxygen atoms in total. The summed E-state index contributed by atoms with van der Waals surface area (Å²) >= 11 is 0. The van der Waals surface area contributed by atoms with Crippen LogP contribution in [0.4, 0.5) is 4.39 Å². The van der Waals surface area contributed by atoms with Crippen LogP contribution in [-0.4, -0.2) is 64.7 Å². The van der Waals surface area contributed by atoms with Crippen LogP contribution in [-0.2, 0) is 23.4 Å². The highest BCUT2D eigenvalue weighted by molar-refractivity contribution is 7.52. The summed E-state index contributed by atoms with van der Waals surface area (Å²) in [6, 6.07) is 7.23. The summed E-state index contributed by atoms with van der Waals surface area (Å²) in [5, 5.41) is 13.6. The van der Waals surface area contributed by atoms with Crippen LogP contribution in [0.5, 0.6) is 5.75 Å². The number of aliphatic hydroxyl groups is 1. The van der Waals surface area contributed by atoms with E-state index >= 15 is 4.39 Å². The number of para-hydroxylation sites is 1. The molecule has 1 saturated heterocycles. The Hall–Kier alpha value is -2.76. The number of nitrogens with two attached hydrogens (primary N) is 1. The number of carbonyl (C=O) groups is 1. The van der Waals surface area contributed by atoms with Crippen LogP contribution >= 0.6 is 7.75 Å². The Kier molecular flexibility index (Phi) is 9.68. The molecule has 4 rings (SSSR count). The molecule has 1 aliphatic carbocycles. The summed E-state index contributed by atoms with van der Waals surface area (Å²) < 4.78 is 52.5. The molecule has 0 bridgehead atoms. The zero-order chi connectivity index (χ0) is 28.9. The van der Waals surface area contributed by atoms with Crippen molar-refractivity contribution in [1.29, 1.82) is 0 Å². The molecular formula is C27H38FN4O7P. The first-order valence-electron chi connectivity index (χ1n) is 13.5. The molecule has 1 aromatic carbocycles. The summed E-state index contributed by atoms with van der Waals surface area (Å²) in [6.45, 7) is 6.44. The Bertz CT molecular complexity index is 1160. The number of aliphatic hydroxyl groups excluding tert-OH is 1. The summed E-state index contributed by atoms with van der Waals surface area (Å²) in [4.78, 5) is 18.2. The summed E-state index contributed by atoms with van der Waals surface area (Å²) in [6.07, 6.45) is 2.65. The molecular weight excluding hydrogens is 542 g/mol. The number of nitrogens with zero attached hydrogens (tertiary/aromatic N) is 2. The lowest BCUT2D eigenvalue weighted by atomic mass is 9.94. The first-order chi connectivity index (χ1) is 19.1. The molecule has 220 valence electrons. The van der Waals surface area contributed by atoms with Gasteiger partial charge < -0.3 is 29.7 Å². The van der Waals surface area contributed by atoms with E-state index in [1.807, 2.05) is 0 Å². The van der Waals surface area contributed by atoms with Crippen molar-refractivity contribution in [3.63, 3.8) is 0 Å². The van der Waals surface area contributed by atoms with E-state index in [0.29, 0.717) is 0 Å². The lowest BCUT2D eigenvalue weighted by Gasteiger charge is -2.34. The Morgan fingerprint density at radius 2 is 2.05 bits per heavy atom. The number of benzene rings is 1. The molecule has 2 unspecified atom stereocenters. The predicted octanol–water partition coefficient (Wildman–Crippen LogP) is 3.91. The summed E-state index contributed by atoms with van der Waals surface area (Å²) in [7, 11) is -4.28. The molecule has 3 aliphatic rings. The number of esters is 1. The first-order valence-corrected chi connectivity index (χ1v) is 15.1. The van der Waals surface area contributed by atoms with Crippen LogP contribution < -0.4 is 15.3 Å². The van der Waals surface area contributed by atoms with Gasteiger partial charge in [-0.3, -0.25) is 9.32 Å². The van der Waals surface area contributed by atoms with Gasteiger partial charge in [0.05, 0.1) is 6.61 Å². The predicted molar refractivity (Wildman–Crippen MR) is 147 cm³/mol. The molecule has 0 amide bonds.